The molecule has 0 aromatic rings. The quantitative estimate of drug-likeness (QED) is 0.625. The van der Waals surface area contributed by atoms with Crippen LogP contribution in [-0.2, 0) is 14.3 Å². The molecule has 1 N–H and O–H groups in total. The molecule has 1 aliphatic carbocycles. The van der Waals surface area contributed by atoms with E-state index in [1.54, 1.807) is 0 Å². The van der Waals surface area contributed by atoms with Crippen LogP contribution in [0, 0.1) is 11.3 Å². The van der Waals surface area contributed by atoms with E-state index in [1.165, 1.54) is 0 Å². The van der Waals surface area contributed by atoms with Gasteiger partial charge in [-0.3, -0.25) is 4.79 Å². The predicted molar refractivity (Wildman–Crippen MR) is 68.5 cm³/mol. The number of carbonyl (C=O) groups is 2. The molecule has 2 aliphatic rings. The minimum atomic E-state index is -4.67. The van der Waals surface area contributed by atoms with Gasteiger partial charge in [0.2, 0.25) is 0 Å². The number of hydrogen-bond donors (Lipinski definition) is 1. The Kier molecular flexibility index (Phi) is 4.91. The maximum atomic E-state index is 12.9. The monoisotopic (exact) mass is 307 g/mol. The average Bonchev–Trinajstić information content (AvgIpc) is 2.36. The highest BCUT2D eigenvalue weighted by molar-refractivity contribution is 6.36. The van der Waals surface area contributed by atoms with E-state index in [2.05, 4.69) is 5.32 Å². The highest BCUT2D eigenvalue weighted by Crippen LogP contribution is 2.53. The number of ketones is 1. The molecule has 120 valence electrons. The normalized spacial score (nSPS) is 22.4. The number of Topliss-reactive ketones (excluding diaryl/α,β-unsaturated/α-hetero) is 1. The molecule has 2 rings (SSSR count). The largest absolute Gasteiger partial charge is 0.460 e. The Hall–Kier alpha value is -1.11. The molecular formula is C14H20F3NO3. The van der Waals surface area contributed by atoms with Crippen molar-refractivity contribution in [3.05, 3.63) is 0 Å². The molecular weight excluding hydrogens is 287 g/mol. The molecule has 0 radical (unpaired) electrons. The van der Waals surface area contributed by atoms with Gasteiger partial charge in [0.25, 0.3) is 5.78 Å². The topological polar surface area (TPSA) is 55.4 Å². The van der Waals surface area contributed by atoms with Crippen LogP contribution in [0.3, 0.4) is 0 Å². The van der Waals surface area contributed by atoms with E-state index < -0.39 is 23.3 Å². The first-order valence-corrected chi connectivity index (χ1v) is 7.36. The van der Waals surface area contributed by atoms with Gasteiger partial charge in [-0.1, -0.05) is 6.42 Å². The van der Waals surface area contributed by atoms with E-state index in [9.17, 15) is 22.8 Å². The Balaban J connectivity index is 1.81. The number of piperidine rings is 1. The molecule has 7 heteroatoms. The number of hydrogen-bond acceptors (Lipinski definition) is 4. The summed E-state index contributed by atoms with van der Waals surface area (Å²) >= 11 is 0. The summed E-state index contributed by atoms with van der Waals surface area (Å²) in [4.78, 5) is 23.4. The number of rotatable bonds is 5. The lowest BCUT2D eigenvalue weighted by Crippen LogP contribution is -2.53. The maximum Gasteiger partial charge on any atom is 0.401 e. The van der Waals surface area contributed by atoms with Gasteiger partial charge in [0, 0.05) is 0 Å². The minimum Gasteiger partial charge on any atom is -0.460 e. The van der Waals surface area contributed by atoms with Gasteiger partial charge in [0.05, 0.1) is 6.61 Å². The number of alkyl halides is 3. The third-order valence-electron chi connectivity index (χ3n) is 4.59. The lowest BCUT2D eigenvalue weighted by molar-refractivity contribution is -0.243. The highest BCUT2D eigenvalue weighted by atomic mass is 19.4. The van der Waals surface area contributed by atoms with E-state index in [0.29, 0.717) is 18.8 Å². The molecule has 1 heterocycles. The van der Waals surface area contributed by atoms with Gasteiger partial charge in [-0.05, 0) is 51.1 Å². The second-order valence-corrected chi connectivity index (χ2v) is 5.88. The minimum absolute atomic E-state index is 0.0170. The highest BCUT2D eigenvalue weighted by Gasteiger charge is 2.65. The fourth-order valence-electron chi connectivity index (χ4n) is 2.92. The van der Waals surface area contributed by atoms with E-state index in [4.69, 9.17) is 4.74 Å². The van der Waals surface area contributed by atoms with Crippen molar-refractivity contribution in [2.45, 2.75) is 44.7 Å². The summed E-state index contributed by atoms with van der Waals surface area (Å²) < 4.78 is 43.6. The molecule has 1 saturated carbocycles. The Morgan fingerprint density at radius 3 is 2.29 bits per heavy atom. The summed E-state index contributed by atoms with van der Waals surface area (Å²) in [5, 5.41) is 3.20. The molecule has 0 atom stereocenters. The van der Waals surface area contributed by atoms with E-state index in [1.807, 2.05) is 0 Å². The van der Waals surface area contributed by atoms with Crippen LogP contribution in [0.5, 0.6) is 0 Å². The standard InChI is InChI=1S/C14H20F3NO3/c15-14(16,17)13(5-1-6-13)11(19)12(20)21-9-4-10-2-7-18-8-3-10/h10,18H,1-9H2. The summed E-state index contributed by atoms with van der Waals surface area (Å²) in [5.41, 5.74) is -2.49. The van der Waals surface area contributed by atoms with Crippen molar-refractivity contribution < 1.29 is 27.5 Å². The molecule has 0 amide bonds. The van der Waals surface area contributed by atoms with Crippen molar-refractivity contribution in [2.24, 2.45) is 11.3 Å². The van der Waals surface area contributed by atoms with Gasteiger partial charge >= 0.3 is 12.1 Å². The third kappa shape index (κ3) is 3.39. The van der Waals surface area contributed by atoms with Crippen LogP contribution in [0.2, 0.25) is 0 Å². The van der Waals surface area contributed by atoms with Gasteiger partial charge in [0.1, 0.15) is 5.41 Å². The SMILES string of the molecule is O=C(OCCC1CCNCC1)C(=O)C1(C(F)(F)F)CCC1. The third-order valence-corrected chi connectivity index (χ3v) is 4.59. The van der Waals surface area contributed by atoms with Crippen molar-refractivity contribution in [3.8, 4) is 0 Å². The molecule has 4 nitrogen and oxygen atoms in total. The Morgan fingerprint density at radius 1 is 1.19 bits per heavy atom. The second kappa shape index (κ2) is 6.34. The number of halogens is 3. The average molecular weight is 307 g/mol. The first kappa shape index (κ1) is 16.3. The summed E-state index contributed by atoms with van der Waals surface area (Å²) in [6.07, 6.45) is -2.46. The predicted octanol–water partition coefficient (Wildman–Crippen LogP) is 2.22. The Labute approximate surface area is 121 Å². The molecule has 21 heavy (non-hydrogen) atoms. The molecule has 0 spiro atoms. The fraction of sp³-hybridized carbons (Fsp3) is 0.857. The van der Waals surface area contributed by atoms with Crippen molar-refractivity contribution in [2.75, 3.05) is 19.7 Å². The van der Waals surface area contributed by atoms with Crippen LogP contribution < -0.4 is 5.32 Å². The van der Waals surface area contributed by atoms with Crippen LogP contribution in [0.15, 0.2) is 0 Å². The lowest BCUT2D eigenvalue weighted by atomic mass is 9.65. The first-order valence-electron chi connectivity index (χ1n) is 7.36. The van der Waals surface area contributed by atoms with E-state index in [-0.39, 0.29) is 19.4 Å². The van der Waals surface area contributed by atoms with Gasteiger partial charge in [0.15, 0.2) is 0 Å². The summed E-state index contributed by atoms with van der Waals surface area (Å²) in [6, 6.07) is 0. The van der Waals surface area contributed by atoms with Crippen molar-refractivity contribution in [1.82, 2.24) is 5.32 Å². The molecule has 0 unspecified atom stereocenters. The van der Waals surface area contributed by atoms with Crippen LogP contribution >= 0.6 is 0 Å². The summed E-state index contributed by atoms with van der Waals surface area (Å²) in [6.45, 7) is 1.81. The molecule has 0 aromatic carbocycles. The zero-order valence-corrected chi connectivity index (χ0v) is 11.8. The molecule has 0 aromatic heterocycles. The summed E-state index contributed by atoms with van der Waals surface area (Å²) in [7, 11) is 0. The maximum absolute atomic E-state index is 12.9. The van der Waals surface area contributed by atoms with Gasteiger partial charge < -0.3 is 10.1 Å². The van der Waals surface area contributed by atoms with Crippen molar-refractivity contribution in [1.29, 1.82) is 0 Å². The molecule has 0 bridgehead atoms. The Morgan fingerprint density at radius 2 is 1.81 bits per heavy atom. The molecule has 1 saturated heterocycles. The summed E-state index contributed by atoms with van der Waals surface area (Å²) in [5.74, 6) is -2.36. The smallest absolute Gasteiger partial charge is 0.401 e. The van der Waals surface area contributed by atoms with Crippen molar-refractivity contribution in [3.63, 3.8) is 0 Å². The number of esters is 1. The van der Waals surface area contributed by atoms with Crippen LogP contribution in [0.1, 0.15) is 38.5 Å². The van der Waals surface area contributed by atoms with Gasteiger partial charge in [-0.25, -0.2) is 4.79 Å². The fourth-order valence-corrected chi connectivity index (χ4v) is 2.92. The zero-order valence-electron chi connectivity index (χ0n) is 11.8. The van der Waals surface area contributed by atoms with Crippen LogP contribution in [-0.4, -0.2) is 37.6 Å². The second-order valence-electron chi connectivity index (χ2n) is 5.88. The first-order chi connectivity index (χ1) is 9.87. The van der Waals surface area contributed by atoms with Crippen LogP contribution in [0.25, 0.3) is 0 Å². The number of carbonyl (C=O) groups excluding carboxylic acids is 2. The van der Waals surface area contributed by atoms with Crippen LogP contribution in [0.4, 0.5) is 13.2 Å². The lowest BCUT2D eigenvalue weighted by Gasteiger charge is -2.40. The number of ether oxygens (including phenoxy) is 1. The Bertz CT molecular complexity index is 399. The van der Waals surface area contributed by atoms with E-state index >= 15 is 0 Å². The number of nitrogens with one attached hydrogen (secondary N) is 1. The van der Waals surface area contributed by atoms with Crippen molar-refractivity contribution >= 4 is 11.8 Å². The van der Waals surface area contributed by atoms with Gasteiger partial charge in [-0.15, -0.1) is 0 Å². The van der Waals surface area contributed by atoms with E-state index in [0.717, 1.165) is 25.9 Å². The molecule has 1 aliphatic heterocycles. The van der Waals surface area contributed by atoms with Gasteiger partial charge in [-0.2, -0.15) is 13.2 Å². The molecule has 2 fully saturated rings. The zero-order chi connectivity index (χ0) is 15.5.